The van der Waals surface area contributed by atoms with Crippen molar-refractivity contribution >= 4 is 17.5 Å². The summed E-state index contributed by atoms with van der Waals surface area (Å²) >= 11 is 0. The van der Waals surface area contributed by atoms with Crippen molar-refractivity contribution in [3.63, 3.8) is 0 Å². The van der Waals surface area contributed by atoms with E-state index in [4.69, 9.17) is 0 Å². The number of likely N-dealkylation sites (N-methyl/N-ethyl adjacent to an activating group) is 1. The van der Waals surface area contributed by atoms with E-state index in [0.29, 0.717) is 18.9 Å². The van der Waals surface area contributed by atoms with Gasteiger partial charge in [-0.2, -0.15) is 0 Å². The fourth-order valence-electron chi connectivity index (χ4n) is 3.36. The number of carbonyl (C=O) groups is 2. The summed E-state index contributed by atoms with van der Waals surface area (Å²) in [6.07, 6.45) is 1.88. The lowest BCUT2D eigenvalue weighted by atomic mass is 9.92. The minimum Gasteiger partial charge on any atom is -0.337 e. The number of nitrogens with one attached hydrogen (secondary N) is 1. The molecule has 1 aromatic rings. The number of anilines is 1. The van der Waals surface area contributed by atoms with Gasteiger partial charge in [0.05, 0.1) is 6.42 Å². The minimum absolute atomic E-state index is 0.0181. The summed E-state index contributed by atoms with van der Waals surface area (Å²) in [7, 11) is 2.11. The zero-order chi connectivity index (χ0) is 19.3. The first kappa shape index (κ1) is 20.4. The van der Waals surface area contributed by atoms with Crippen LogP contribution < -0.4 is 5.32 Å². The van der Waals surface area contributed by atoms with Gasteiger partial charge in [-0.05, 0) is 36.6 Å². The van der Waals surface area contributed by atoms with Gasteiger partial charge in [0.15, 0.2) is 0 Å². The highest BCUT2D eigenvalue weighted by atomic mass is 16.2. The fraction of sp³-hybridized carbons (Fsp3) is 0.619. The third-order valence-electron chi connectivity index (χ3n) is 4.76. The molecule has 0 aromatic heterocycles. The monoisotopic (exact) mass is 359 g/mol. The molecule has 144 valence electrons. The zero-order valence-electron chi connectivity index (χ0n) is 16.8. The van der Waals surface area contributed by atoms with Crippen LogP contribution in [0.15, 0.2) is 24.3 Å². The Labute approximate surface area is 157 Å². The van der Waals surface area contributed by atoms with Crippen LogP contribution in [-0.4, -0.2) is 54.3 Å². The molecule has 2 rings (SSSR count). The van der Waals surface area contributed by atoms with Crippen LogP contribution >= 0.6 is 0 Å². The Bertz CT molecular complexity index is 619. The lowest BCUT2D eigenvalue weighted by Gasteiger charge is -2.39. The van der Waals surface area contributed by atoms with Crippen molar-refractivity contribution in [3.8, 4) is 0 Å². The van der Waals surface area contributed by atoms with Gasteiger partial charge in [0.1, 0.15) is 0 Å². The topological polar surface area (TPSA) is 52.6 Å². The van der Waals surface area contributed by atoms with Crippen molar-refractivity contribution in [2.75, 3.05) is 32.0 Å². The predicted octanol–water partition coefficient (Wildman–Crippen LogP) is 3.16. The second kappa shape index (κ2) is 8.67. The number of nitrogens with zero attached hydrogens (tertiary/aromatic N) is 2. The van der Waals surface area contributed by atoms with Gasteiger partial charge in [0, 0.05) is 37.8 Å². The molecular formula is C21H33N3O2. The van der Waals surface area contributed by atoms with Gasteiger partial charge in [-0.25, -0.2) is 0 Å². The van der Waals surface area contributed by atoms with E-state index in [9.17, 15) is 9.59 Å². The van der Waals surface area contributed by atoms with Gasteiger partial charge in [-0.3, -0.25) is 9.59 Å². The first-order valence-electron chi connectivity index (χ1n) is 9.55. The molecule has 26 heavy (non-hydrogen) atoms. The number of piperazine rings is 1. The summed E-state index contributed by atoms with van der Waals surface area (Å²) in [4.78, 5) is 29.0. The van der Waals surface area contributed by atoms with Crippen molar-refractivity contribution in [1.29, 1.82) is 0 Å². The molecule has 1 aliphatic heterocycles. The molecule has 0 saturated carbocycles. The molecule has 1 heterocycles. The number of rotatable bonds is 5. The molecule has 0 radical (unpaired) electrons. The van der Waals surface area contributed by atoms with Crippen molar-refractivity contribution in [2.45, 2.75) is 53.0 Å². The maximum Gasteiger partial charge on any atom is 0.227 e. The van der Waals surface area contributed by atoms with Crippen LogP contribution in [0.5, 0.6) is 0 Å². The largest absolute Gasteiger partial charge is 0.337 e. The number of hydrogen-bond acceptors (Lipinski definition) is 3. The third-order valence-corrected chi connectivity index (χ3v) is 4.76. The molecule has 0 spiro atoms. The van der Waals surface area contributed by atoms with Crippen LogP contribution in [0, 0.1) is 5.41 Å². The van der Waals surface area contributed by atoms with Crippen molar-refractivity contribution in [3.05, 3.63) is 29.8 Å². The summed E-state index contributed by atoms with van der Waals surface area (Å²) in [6, 6.07) is 7.93. The van der Waals surface area contributed by atoms with Gasteiger partial charge < -0.3 is 15.1 Å². The Balaban J connectivity index is 1.92. The summed E-state index contributed by atoms with van der Waals surface area (Å²) in [5.41, 5.74) is 1.73. The quantitative estimate of drug-likeness (QED) is 0.879. The lowest BCUT2D eigenvalue weighted by molar-refractivity contribution is -0.135. The molecule has 5 nitrogen and oxygen atoms in total. The fourth-order valence-corrected chi connectivity index (χ4v) is 3.36. The molecule has 1 aliphatic rings. The van der Waals surface area contributed by atoms with E-state index in [1.165, 1.54) is 0 Å². The Morgan fingerprint density at radius 1 is 1.15 bits per heavy atom. The average Bonchev–Trinajstić information content (AvgIpc) is 2.54. The molecule has 1 unspecified atom stereocenters. The van der Waals surface area contributed by atoms with E-state index in [0.717, 1.165) is 37.3 Å². The molecule has 0 aliphatic carbocycles. The van der Waals surface area contributed by atoms with E-state index in [1.807, 2.05) is 49.9 Å². The lowest BCUT2D eigenvalue weighted by Crippen LogP contribution is -2.54. The minimum atomic E-state index is -0.0330. The second-order valence-electron chi connectivity index (χ2n) is 8.57. The number of carbonyl (C=O) groups excluding carboxylic acids is 2. The van der Waals surface area contributed by atoms with Crippen LogP contribution in [0.3, 0.4) is 0 Å². The Hall–Kier alpha value is -1.88. The molecular weight excluding hydrogens is 326 g/mol. The average molecular weight is 360 g/mol. The number of hydrogen-bond donors (Lipinski definition) is 1. The summed E-state index contributed by atoms with van der Waals surface area (Å²) in [6.45, 7) is 10.9. The molecule has 1 saturated heterocycles. The highest BCUT2D eigenvalue weighted by Crippen LogP contribution is 2.20. The molecule has 2 amide bonds. The van der Waals surface area contributed by atoms with Crippen molar-refractivity contribution in [2.24, 2.45) is 5.41 Å². The highest BCUT2D eigenvalue weighted by Gasteiger charge is 2.27. The first-order valence-corrected chi connectivity index (χ1v) is 9.55. The van der Waals surface area contributed by atoms with Crippen molar-refractivity contribution < 1.29 is 9.59 Å². The molecule has 5 heteroatoms. The maximum atomic E-state index is 12.7. The van der Waals surface area contributed by atoms with Crippen LogP contribution in [0.25, 0.3) is 0 Å². The smallest absolute Gasteiger partial charge is 0.227 e. The first-order chi connectivity index (χ1) is 12.2. The molecule has 1 aromatic carbocycles. The molecule has 1 fully saturated rings. The number of amides is 2. The SMILES string of the molecule is CCC1CN(C)CCN1C(=O)Cc1ccc(NC(=O)CC(C)(C)C)cc1. The number of benzene rings is 1. The van der Waals surface area contributed by atoms with Crippen LogP contribution in [0.1, 0.15) is 46.1 Å². The predicted molar refractivity (Wildman–Crippen MR) is 106 cm³/mol. The maximum absolute atomic E-state index is 12.7. The Morgan fingerprint density at radius 3 is 2.38 bits per heavy atom. The second-order valence-corrected chi connectivity index (χ2v) is 8.57. The van der Waals surface area contributed by atoms with E-state index < -0.39 is 0 Å². The van der Waals surface area contributed by atoms with E-state index in [2.05, 4.69) is 24.2 Å². The zero-order valence-corrected chi connectivity index (χ0v) is 16.8. The highest BCUT2D eigenvalue weighted by molar-refractivity contribution is 5.91. The molecule has 1 atom stereocenters. The van der Waals surface area contributed by atoms with E-state index in [-0.39, 0.29) is 17.2 Å². The van der Waals surface area contributed by atoms with Gasteiger partial charge in [0.25, 0.3) is 0 Å². The molecule has 1 N–H and O–H groups in total. The standard InChI is InChI=1S/C21H33N3O2/c1-6-18-15-23(5)11-12-24(18)20(26)13-16-7-9-17(10-8-16)22-19(25)14-21(2,3)4/h7-10,18H,6,11-15H2,1-5H3,(H,22,25). The summed E-state index contributed by atoms with van der Waals surface area (Å²) in [5.74, 6) is 0.207. The van der Waals surface area contributed by atoms with Crippen LogP contribution in [0.4, 0.5) is 5.69 Å². The molecule has 0 bridgehead atoms. The van der Waals surface area contributed by atoms with Crippen LogP contribution in [-0.2, 0) is 16.0 Å². The Kier molecular flexibility index (Phi) is 6.81. The van der Waals surface area contributed by atoms with Gasteiger partial charge in [-0.15, -0.1) is 0 Å². The van der Waals surface area contributed by atoms with E-state index >= 15 is 0 Å². The van der Waals surface area contributed by atoms with Crippen molar-refractivity contribution in [1.82, 2.24) is 9.80 Å². The van der Waals surface area contributed by atoms with Gasteiger partial charge >= 0.3 is 0 Å². The van der Waals surface area contributed by atoms with Gasteiger partial charge in [0.2, 0.25) is 11.8 Å². The Morgan fingerprint density at radius 2 is 1.81 bits per heavy atom. The van der Waals surface area contributed by atoms with E-state index in [1.54, 1.807) is 0 Å². The normalized spacial score (nSPS) is 18.7. The summed E-state index contributed by atoms with van der Waals surface area (Å²) in [5, 5.41) is 2.92. The van der Waals surface area contributed by atoms with Gasteiger partial charge in [-0.1, -0.05) is 39.8 Å². The summed E-state index contributed by atoms with van der Waals surface area (Å²) < 4.78 is 0. The third kappa shape index (κ3) is 6.13. The van der Waals surface area contributed by atoms with Crippen LogP contribution in [0.2, 0.25) is 0 Å².